The molecule has 134 valence electrons. The predicted molar refractivity (Wildman–Crippen MR) is 81.3 cm³/mol. The van der Waals surface area contributed by atoms with Gasteiger partial charge in [0.2, 0.25) is 0 Å². The Morgan fingerprint density at radius 2 is 1.72 bits per heavy atom. The van der Waals surface area contributed by atoms with E-state index in [-0.39, 0.29) is 4.90 Å². The number of hydrogen-bond donors (Lipinski definition) is 0. The van der Waals surface area contributed by atoms with E-state index in [0.717, 1.165) is 5.56 Å². The van der Waals surface area contributed by atoms with Gasteiger partial charge in [0.05, 0.1) is 27.6 Å². The monoisotopic (exact) mass is 375 g/mol. The smallest absolute Gasteiger partial charge is 0.261 e. The van der Waals surface area contributed by atoms with Gasteiger partial charge in [0, 0.05) is 6.07 Å². The maximum Gasteiger partial charge on any atom is 0.416 e. The minimum Gasteiger partial charge on any atom is -0.261 e. The second kappa shape index (κ2) is 6.81. The fourth-order valence-corrected chi connectivity index (χ4v) is 2.86. The van der Waals surface area contributed by atoms with Crippen LogP contribution in [-0.4, -0.2) is 13.3 Å². The van der Waals surface area contributed by atoms with Gasteiger partial charge in [-0.2, -0.15) is 21.6 Å². The van der Waals surface area contributed by atoms with Crippen LogP contribution in [0.1, 0.15) is 16.7 Å². The second-order valence-corrected chi connectivity index (χ2v) is 6.74. The number of hydrogen-bond acceptors (Lipinski definition) is 5. The van der Waals surface area contributed by atoms with Gasteiger partial charge in [0.15, 0.2) is 0 Å². The van der Waals surface area contributed by atoms with E-state index in [4.69, 9.17) is 4.18 Å². The van der Waals surface area contributed by atoms with Gasteiger partial charge >= 0.3 is 6.18 Å². The van der Waals surface area contributed by atoms with Crippen LogP contribution in [0.3, 0.4) is 0 Å². The molecule has 2 rings (SSSR count). The topological polar surface area (TPSA) is 86.5 Å². The molecule has 0 spiro atoms. The highest BCUT2D eigenvalue weighted by Gasteiger charge is 2.32. The van der Waals surface area contributed by atoms with Gasteiger partial charge in [-0.15, -0.1) is 0 Å². The molecule has 0 saturated carbocycles. The summed E-state index contributed by atoms with van der Waals surface area (Å²) < 4.78 is 67.1. The summed E-state index contributed by atoms with van der Waals surface area (Å²) in [5.41, 5.74) is -1.49. The summed E-state index contributed by atoms with van der Waals surface area (Å²) in [6.07, 6.45) is -4.72. The van der Waals surface area contributed by atoms with Crippen molar-refractivity contribution in [3.8, 4) is 0 Å². The average molecular weight is 375 g/mol. The second-order valence-electron chi connectivity index (χ2n) is 5.13. The SMILES string of the molecule is Cc1ccc(S(=O)(=O)OCc2cc(C(F)(F)F)ccc2[N+](=O)[O-])cc1. The Labute approximate surface area is 141 Å². The molecular weight excluding hydrogens is 363 g/mol. The van der Waals surface area contributed by atoms with Crippen LogP contribution in [0, 0.1) is 17.0 Å². The summed E-state index contributed by atoms with van der Waals surface area (Å²) in [4.78, 5) is 9.83. The molecule has 2 aromatic rings. The molecule has 25 heavy (non-hydrogen) atoms. The van der Waals surface area contributed by atoms with E-state index in [1.54, 1.807) is 6.92 Å². The quantitative estimate of drug-likeness (QED) is 0.450. The highest BCUT2D eigenvalue weighted by molar-refractivity contribution is 7.86. The van der Waals surface area contributed by atoms with Gasteiger partial charge in [0.1, 0.15) is 0 Å². The summed E-state index contributed by atoms with van der Waals surface area (Å²) >= 11 is 0. The van der Waals surface area contributed by atoms with Crippen molar-refractivity contribution in [2.24, 2.45) is 0 Å². The van der Waals surface area contributed by atoms with Crippen LogP contribution in [0.25, 0.3) is 0 Å². The molecule has 6 nitrogen and oxygen atoms in total. The normalized spacial score (nSPS) is 12.2. The van der Waals surface area contributed by atoms with E-state index < -0.39 is 44.6 Å². The van der Waals surface area contributed by atoms with Crippen LogP contribution >= 0.6 is 0 Å². The van der Waals surface area contributed by atoms with E-state index in [9.17, 15) is 31.7 Å². The lowest BCUT2D eigenvalue weighted by Crippen LogP contribution is -2.10. The van der Waals surface area contributed by atoms with Crippen LogP contribution in [0.15, 0.2) is 47.4 Å². The first-order valence-electron chi connectivity index (χ1n) is 6.81. The number of alkyl halides is 3. The molecule has 2 aromatic carbocycles. The zero-order chi connectivity index (χ0) is 18.8. The number of aryl methyl sites for hydroxylation is 1. The van der Waals surface area contributed by atoms with Gasteiger partial charge in [-0.3, -0.25) is 14.3 Å². The molecule has 0 N–H and O–H groups in total. The number of nitrogens with zero attached hydrogens (tertiary/aromatic N) is 1. The van der Waals surface area contributed by atoms with Crippen LogP contribution in [-0.2, 0) is 27.1 Å². The van der Waals surface area contributed by atoms with Crippen LogP contribution in [0.5, 0.6) is 0 Å². The number of nitro benzene ring substituents is 1. The molecule has 0 saturated heterocycles. The molecule has 0 fully saturated rings. The minimum atomic E-state index is -4.72. The van der Waals surface area contributed by atoms with Gasteiger partial charge in [-0.05, 0) is 31.2 Å². The van der Waals surface area contributed by atoms with Crippen molar-refractivity contribution < 1.29 is 30.7 Å². The summed E-state index contributed by atoms with van der Waals surface area (Å²) in [6.45, 7) is 0.847. The van der Waals surface area contributed by atoms with Crippen molar-refractivity contribution in [2.45, 2.75) is 24.6 Å². The molecule has 0 amide bonds. The third-order valence-corrected chi connectivity index (χ3v) is 4.56. The lowest BCUT2D eigenvalue weighted by Gasteiger charge is -2.10. The van der Waals surface area contributed by atoms with E-state index in [0.29, 0.717) is 18.2 Å². The summed E-state index contributed by atoms with van der Waals surface area (Å²) in [7, 11) is -4.27. The van der Waals surface area contributed by atoms with Crippen molar-refractivity contribution in [3.63, 3.8) is 0 Å². The van der Waals surface area contributed by atoms with Crippen molar-refractivity contribution in [1.29, 1.82) is 0 Å². The van der Waals surface area contributed by atoms with E-state index in [1.807, 2.05) is 0 Å². The van der Waals surface area contributed by atoms with Gasteiger partial charge in [-0.1, -0.05) is 17.7 Å². The average Bonchev–Trinajstić information content (AvgIpc) is 2.52. The van der Waals surface area contributed by atoms with Crippen LogP contribution < -0.4 is 0 Å². The number of rotatable bonds is 5. The minimum absolute atomic E-state index is 0.201. The van der Waals surface area contributed by atoms with Crippen molar-refractivity contribution >= 4 is 15.8 Å². The standard InChI is InChI=1S/C15H12F3NO5S/c1-10-2-5-13(6-3-10)25(22,23)24-9-11-8-12(15(16,17)18)4-7-14(11)19(20)21/h2-8H,9H2,1H3. The fraction of sp³-hybridized carbons (Fsp3) is 0.200. The summed E-state index contributed by atoms with van der Waals surface area (Å²) in [5, 5.41) is 10.9. The Morgan fingerprint density at radius 1 is 1.12 bits per heavy atom. The zero-order valence-electron chi connectivity index (χ0n) is 12.8. The first kappa shape index (κ1) is 18.9. The van der Waals surface area contributed by atoms with Crippen LogP contribution in [0.2, 0.25) is 0 Å². The third-order valence-electron chi connectivity index (χ3n) is 3.28. The first-order chi connectivity index (χ1) is 11.5. The maximum absolute atomic E-state index is 12.7. The van der Waals surface area contributed by atoms with E-state index in [1.165, 1.54) is 24.3 Å². The van der Waals surface area contributed by atoms with Crippen molar-refractivity contribution in [2.75, 3.05) is 0 Å². The Hall–Kier alpha value is -2.46. The largest absolute Gasteiger partial charge is 0.416 e. The fourth-order valence-electron chi connectivity index (χ4n) is 1.97. The molecule has 0 bridgehead atoms. The lowest BCUT2D eigenvalue weighted by molar-refractivity contribution is -0.385. The Balaban J connectivity index is 2.32. The van der Waals surface area contributed by atoms with Gasteiger partial charge in [0.25, 0.3) is 15.8 Å². The molecule has 0 radical (unpaired) electrons. The Kier molecular flexibility index (Phi) is 5.14. The molecule has 0 aliphatic carbocycles. The van der Waals surface area contributed by atoms with Gasteiger partial charge in [-0.25, -0.2) is 0 Å². The molecular formula is C15H12F3NO5S. The van der Waals surface area contributed by atoms with Crippen molar-refractivity contribution in [1.82, 2.24) is 0 Å². The predicted octanol–water partition coefficient (Wildman–Crippen LogP) is 3.83. The molecule has 0 unspecified atom stereocenters. The molecule has 0 aromatic heterocycles. The number of nitro groups is 1. The summed E-state index contributed by atoms with van der Waals surface area (Å²) in [5.74, 6) is 0. The molecule has 0 aliphatic heterocycles. The number of halogens is 3. The first-order valence-corrected chi connectivity index (χ1v) is 8.22. The van der Waals surface area contributed by atoms with Crippen LogP contribution in [0.4, 0.5) is 18.9 Å². The molecule has 0 heterocycles. The number of benzene rings is 2. The maximum atomic E-state index is 12.7. The van der Waals surface area contributed by atoms with E-state index in [2.05, 4.69) is 0 Å². The summed E-state index contributed by atoms with van der Waals surface area (Å²) in [6, 6.07) is 7.29. The molecule has 0 atom stereocenters. The van der Waals surface area contributed by atoms with Gasteiger partial charge < -0.3 is 0 Å². The van der Waals surface area contributed by atoms with Crippen molar-refractivity contribution in [3.05, 3.63) is 69.3 Å². The lowest BCUT2D eigenvalue weighted by atomic mass is 10.1. The molecule has 0 aliphatic rings. The Bertz CT molecular complexity index is 892. The van der Waals surface area contributed by atoms with E-state index >= 15 is 0 Å². The third kappa shape index (κ3) is 4.54. The highest BCUT2D eigenvalue weighted by atomic mass is 32.2. The molecule has 10 heteroatoms. The Morgan fingerprint density at radius 3 is 2.24 bits per heavy atom. The highest BCUT2D eigenvalue weighted by Crippen LogP contribution is 2.33. The zero-order valence-corrected chi connectivity index (χ0v) is 13.6.